The molecule has 1 atom stereocenters. The van der Waals surface area contributed by atoms with Gasteiger partial charge in [0.25, 0.3) is 5.56 Å². The Kier molecular flexibility index (Phi) is 8.16. The van der Waals surface area contributed by atoms with Crippen LogP contribution in [0.3, 0.4) is 0 Å². The van der Waals surface area contributed by atoms with Crippen molar-refractivity contribution in [1.82, 2.24) is 14.5 Å². The minimum absolute atomic E-state index is 0.180. The molecule has 0 aliphatic carbocycles. The van der Waals surface area contributed by atoms with Crippen LogP contribution >= 0.6 is 0 Å². The number of para-hydroxylation sites is 1. The summed E-state index contributed by atoms with van der Waals surface area (Å²) in [6.07, 6.45) is 3.38. The van der Waals surface area contributed by atoms with Crippen LogP contribution in [0.2, 0.25) is 0 Å². The topological polar surface area (TPSA) is 64.4 Å². The zero-order valence-corrected chi connectivity index (χ0v) is 22.6. The van der Waals surface area contributed by atoms with Gasteiger partial charge in [0.05, 0.1) is 29.2 Å². The Morgan fingerprint density at radius 1 is 0.900 bits per heavy atom. The first kappa shape index (κ1) is 26.6. The lowest BCUT2D eigenvalue weighted by molar-refractivity contribution is -0.128. The highest BCUT2D eigenvalue weighted by Crippen LogP contribution is 2.26. The lowest BCUT2D eigenvalue weighted by atomic mass is 10.1. The Labute approximate surface area is 233 Å². The van der Waals surface area contributed by atoms with E-state index in [9.17, 15) is 9.59 Å². The van der Waals surface area contributed by atoms with Crippen molar-refractivity contribution in [3.63, 3.8) is 0 Å². The number of amides is 1. The zero-order valence-electron chi connectivity index (χ0n) is 22.6. The molecular formula is C34H31N3O3. The van der Waals surface area contributed by atoms with E-state index in [1.807, 2.05) is 117 Å². The number of hydrogen-bond acceptors (Lipinski definition) is 4. The van der Waals surface area contributed by atoms with Crippen molar-refractivity contribution in [3.05, 3.63) is 143 Å². The van der Waals surface area contributed by atoms with Gasteiger partial charge in [0.15, 0.2) is 0 Å². The first-order valence-corrected chi connectivity index (χ1v) is 13.4. The van der Waals surface area contributed by atoms with Crippen molar-refractivity contribution in [2.75, 3.05) is 6.61 Å². The van der Waals surface area contributed by atoms with Gasteiger partial charge in [-0.1, -0.05) is 72.8 Å². The zero-order chi connectivity index (χ0) is 27.9. The predicted octanol–water partition coefficient (Wildman–Crippen LogP) is 6.59. The van der Waals surface area contributed by atoms with E-state index >= 15 is 0 Å². The number of rotatable bonds is 9. The van der Waals surface area contributed by atoms with Gasteiger partial charge in [-0.2, -0.15) is 0 Å². The molecule has 40 heavy (non-hydrogen) atoms. The maximum Gasteiger partial charge on any atom is 0.266 e. The Balaban J connectivity index is 1.62. The van der Waals surface area contributed by atoms with E-state index in [2.05, 4.69) is 0 Å². The van der Waals surface area contributed by atoms with Gasteiger partial charge in [0.1, 0.15) is 11.6 Å². The minimum atomic E-state index is -0.531. The molecule has 0 bridgehead atoms. The van der Waals surface area contributed by atoms with Crippen molar-refractivity contribution in [1.29, 1.82) is 0 Å². The molecule has 5 aromatic rings. The second-order valence-electron chi connectivity index (χ2n) is 9.43. The number of fused-ring (bicyclic) bond motifs is 1. The fourth-order valence-electron chi connectivity index (χ4n) is 4.69. The Hall–Kier alpha value is -4.97. The van der Waals surface area contributed by atoms with Gasteiger partial charge in [-0.25, -0.2) is 4.98 Å². The molecule has 0 spiro atoms. The molecule has 0 saturated carbocycles. The van der Waals surface area contributed by atoms with Crippen LogP contribution in [0.1, 0.15) is 36.8 Å². The van der Waals surface area contributed by atoms with Crippen molar-refractivity contribution in [3.8, 4) is 11.4 Å². The third kappa shape index (κ3) is 5.86. The number of nitrogens with zero attached hydrogens (tertiary/aromatic N) is 3. The third-order valence-corrected chi connectivity index (χ3v) is 6.75. The molecule has 0 N–H and O–H groups in total. The second-order valence-corrected chi connectivity index (χ2v) is 9.43. The molecule has 0 aliphatic heterocycles. The average molecular weight is 530 g/mol. The lowest BCUT2D eigenvalue weighted by Crippen LogP contribution is -2.36. The van der Waals surface area contributed by atoms with E-state index in [4.69, 9.17) is 9.72 Å². The van der Waals surface area contributed by atoms with Gasteiger partial charge in [-0.15, -0.1) is 0 Å². The van der Waals surface area contributed by atoms with Crippen LogP contribution in [0.25, 0.3) is 22.7 Å². The van der Waals surface area contributed by atoms with Gasteiger partial charge in [-0.3, -0.25) is 14.2 Å². The summed E-state index contributed by atoms with van der Waals surface area (Å²) in [4.78, 5) is 34.4. The van der Waals surface area contributed by atoms with Crippen LogP contribution in [0.5, 0.6) is 5.75 Å². The summed E-state index contributed by atoms with van der Waals surface area (Å²) in [5.74, 6) is 1.01. The Bertz CT molecular complexity index is 1680. The van der Waals surface area contributed by atoms with Crippen molar-refractivity contribution >= 4 is 22.9 Å². The van der Waals surface area contributed by atoms with E-state index in [0.29, 0.717) is 35.6 Å². The largest absolute Gasteiger partial charge is 0.494 e. The fourth-order valence-corrected chi connectivity index (χ4v) is 4.69. The molecule has 6 nitrogen and oxygen atoms in total. The van der Waals surface area contributed by atoms with Crippen LogP contribution in [0.4, 0.5) is 0 Å². The van der Waals surface area contributed by atoms with E-state index < -0.39 is 6.04 Å². The summed E-state index contributed by atoms with van der Waals surface area (Å²) < 4.78 is 7.22. The molecule has 0 radical (unpaired) electrons. The van der Waals surface area contributed by atoms with E-state index in [1.165, 1.54) is 0 Å². The fraction of sp³-hybridized carbons (Fsp3) is 0.147. The standard InChI is InChI=1S/C34H31N3O3/c1-3-40-29-21-19-28(20-22-29)37-33(35-31-17-11-10-16-30(31)34(37)39)25(2)36(24-27-14-8-5-9-15-27)32(38)23-18-26-12-6-4-7-13-26/h4-23,25H,3,24H2,1-2H3/b23-18+. The SMILES string of the molecule is CCOc1ccc(-n2c(C(C)N(Cc3ccccc3)C(=O)/C=C/c3ccccc3)nc3ccccc3c2=O)cc1. The van der Waals surface area contributed by atoms with Crippen LogP contribution in [-0.2, 0) is 11.3 Å². The van der Waals surface area contributed by atoms with Crippen molar-refractivity contribution in [2.45, 2.75) is 26.4 Å². The van der Waals surface area contributed by atoms with E-state index in [0.717, 1.165) is 16.9 Å². The maximum atomic E-state index is 13.9. The Morgan fingerprint density at radius 2 is 1.55 bits per heavy atom. The normalized spacial score (nSPS) is 11.9. The van der Waals surface area contributed by atoms with Gasteiger partial charge in [0.2, 0.25) is 5.91 Å². The van der Waals surface area contributed by atoms with Gasteiger partial charge in [-0.05, 0) is 67.4 Å². The molecule has 1 unspecified atom stereocenters. The molecule has 0 fully saturated rings. The maximum absolute atomic E-state index is 13.9. The summed E-state index contributed by atoms with van der Waals surface area (Å²) in [6.45, 7) is 4.74. The van der Waals surface area contributed by atoms with Crippen molar-refractivity contribution < 1.29 is 9.53 Å². The molecule has 1 aromatic heterocycles. The van der Waals surface area contributed by atoms with Gasteiger partial charge in [0, 0.05) is 12.6 Å². The highest BCUT2D eigenvalue weighted by Gasteiger charge is 2.26. The highest BCUT2D eigenvalue weighted by molar-refractivity contribution is 5.92. The quantitative estimate of drug-likeness (QED) is 0.202. The van der Waals surface area contributed by atoms with E-state index in [1.54, 1.807) is 27.7 Å². The molecule has 6 heteroatoms. The molecule has 1 heterocycles. The first-order chi connectivity index (χ1) is 19.5. The van der Waals surface area contributed by atoms with Crippen molar-refractivity contribution in [2.24, 2.45) is 0 Å². The number of aromatic nitrogens is 2. The Morgan fingerprint density at radius 3 is 2.25 bits per heavy atom. The number of carbonyl (C=O) groups is 1. The van der Waals surface area contributed by atoms with Gasteiger partial charge >= 0.3 is 0 Å². The van der Waals surface area contributed by atoms with Crippen LogP contribution in [0.15, 0.2) is 120 Å². The summed E-state index contributed by atoms with van der Waals surface area (Å²) >= 11 is 0. The smallest absolute Gasteiger partial charge is 0.266 e. The molecule has 0 saturated heterocycles. The molecular weight excluding hydrogens is 498 g/mol. The summed E-state index contributed by atoms with van der Waals surface area (Å²) in [5, 5.41) is 0.511. The number of benzene rings is 4. The predicted molar refractivity (Wildman–Crippen MR) is 159 cm³/mol. The molecule has 200 valence electrons. The molecule has 1 amide bonds. The monoisotopic (exact) mass is 529 g/mol. The summed E-state index contributed by atoms with van der Waals surface area (Å²) in [7, 11) is 0. The van der Waals surface area contributed by atoms with Crippen LogP contribution in [-0.4, -0.2) is 27.0 Å². The van der Waals surface area contributed by atoms with Crippen LogP contribution in [0, 0.1) is 0 Å². The number of ether oxygens (including phenoxy) is 1. The molecule has 4 aromatic carbocycles. The first-order valence-electron chi connectivity index (χ1n) is 13.4. The average Bonchev–Trinajstić information content (AvgIpc) is 3.00. The van der Waals surface area contributed by atoms with Crippen LogP contribution < -0.4 is 10.3 Å². The van der Waals surface area contributed by atoms with E-state index in [-0.39, 0.29) is 11.5 Å². The molecule has 5 rings (SSSR count). The number of hydrogen-bond donors (Lipinski definition) is 0. The summed E-state index contributed by atoms with van der Waals surface area (Å²) in [5.41, 5.74) is 2.96. The lowest BCUT2D eigenvalue weighted by Gasteiger charge is -2.30. The molecule has 0 aliphatic rings. The minimum Gasteiger partial charge on any atom is -0.494 e. The highest BCUT2D eigenvalue weighted by atomic mass is 16.5. The number of carbonyl (C=O) groups excluding carboxylic acids is 1. The third-order valence-electron chi connectivity index (χ3n) is 6.75. The summed E-state index contributed by atoms with van der Waals surface area (Å²) in [6, 6.07) is 33.7. The van der Waals surface area contributed by atoms with Gasteiger partial charge < -0.3 is 9.64 Å². The second kappa shape index (κ2) is 12.3.